The first-order valence-corrected chi connectivity index (χ1v) is 6.78. The molecule has 0 spiro atoms. The first-order valence-electron chi connectivity index (χ1n) is 6.40. The van der Waals surface area contributed by atoms with E-state index in [1.54, 1.807) is 6.92 Å². The van der Waals surface area contributed by atoms with E-state index in [2.05, 4.69) is 11.2 Å². The van der Waals surface area contributed by atoms with Crippen molar-refractivity contribution in [1.29, 1.82) is 0 Å². The summed E-state index contributed by atoms with van der Waals surface area (Å²) in [6.45, 7) is 1.70. The molecule has 3 rings (SSSR count). The molecule has 4 heteroatoms. The Labute approximate surface area is 127 Å². The van der Waals surface area contributed by atoms with E-state index in [1.807, 2.05) is 42.5 Å². The summed E-state index contributed by atoms with van der Waals surface area (Å²) in [5.74, 6) is 2.55. The van der Waals surface area contributed by atoms with Crippen LogP contribution in [0.25, 0.3) is 11.1 Å². The summed E-state index contributed by atoms with van der Waals surface area (Å²) in [7, 11) is 0. The smallest absolute Gasteiger partial charge is 0.413 e. The van der Waals surface area contributed by atoms with Crippen LogP contribution in [-0.4, -0.2) is 6.09 Å². The molecule has 104 valence electrons. The minimum Gasteiger partial charge on any atom is -0.425 e. The minimum absolute atomic E-state index is 0.543. The fourth-order valence-electron chi connectivity index (χ4n) is 2.38. The van der Waals surface area contributed by atoms with Crippen molar-refractivity contribution in [2.24, 2.45) is 0 Å². The summed E-state index contributed by atoms with van der Waals surface area (Å²) < 4.78 is 5.25. The molecular weight excluding hydrogens is 286 g/mol. The van der Waals surface area contributed by atoms with Crippen LogP contribution >= 0.6 is 11.6 Å². The highest BCUT2D eigenvalue weighted by Gasteiger charge is 2.36. The van der Waals surface area contributed by atoms with Gasteiger partial charge in [0.05, 0.1) is 5.69 Å². The number of fused-ring (bicyclic) bond motifs is 1. The summed E-state index contributed by atoms with van der Waals surface area (Å²) in [5, 5.41) is 3.32. The van der Waals surface area contributed by atoms with Crippen LogP contribution in [0.3, 0.4) is 0 Å². The Balaban J connectivity index is 2.15. The molecule has 0 fully saturated rings. The third-order valence-corrected chi connectivity index (χ3v) is 3.74. The summed E-state index contributed by atoms with van der Waals surface area (Å²) >= 11 is 6.03. The number of nitrogens with one attached hydrogen (secondary N) is 1. The molecule has 0 aromatic heterocycles. The van der Waals surface area contributed by atoms with Gasteiger partial charge in [-0.3, -0.25) is 5.32 Å². The average molecular weight is 298 g/mol. The van der Waals surface area contributed by atoms with Crippen molar-refractivity contribution in [2.75, 3.05) is 5.32 Å². The van der Waals surface area contributed by atoms with Gasteiger partial charge in [-0.25, -0.2) is 4.79 Å². The third kappa shape index (κ3) is 2.35. The molecule has 21 heavy (non-hydrogen) atoms. The van der Waals surface area contributed by atoms with Gasteiger partial charge in [0.15, 0.2) is 5.60 Å². The van der Waals surface area contributed by atoms with Gasteiger partial charge in [-0.15, -0.1) is 6.42 Å². The van der Waals surface area contributed by atoms with Gasteiger partial charge in [-0.2, -0.15) is 0 Å². The number of carbonyl (C=O) groups is 1. The molecule has 2 aromatic carbocycles. The first-order chi connectivity index (χ1) is 10.0. The second kappa shape index (κ2) is 4.83. The highest BCUT2D eigenvalue weighted by molar-refractivity contribution is 6.30. The zero-order valence-corrected chi connectivity index (χ0v) is 12.1. The van der Waals surface area contributed by atoms with Gasteiger partial charge in [0, 0.05) is 10.6 Å². The predicted octanol–water partition coefficient (Wildman–Crippen LogP) is 4.42. The predicted molar refractivity (Wildman–Crippen MR) is 83.2 cm³/mol. The Kier molecular flexibility index (Phi) is 3.12. The van der Waals surface area contributed by atoms with Crippen LogP contribution in [0.5, 0.6) is 0 Å². The number of anilines is 1. The maximum atomic E-state index is 11.6. The zero-order valence-electron chi connectivity index (χ0n) is 11.3. The first kappa shape index (κ1) is 13.5. The van der Waals surface area contributed by atoms with E-state index in [4.69, 9.17) is 22.8 Å². The van der Waals surface area contributed by atoms with Gasteiger partial charge in [-0.05, 0) is 42.3 Å². The molecule has 1 aliphatic heterocycles. The Morgan fingerprint density at radius 2 is 2.00 bits per heavy atom. The number of hydrogen-bond acceptors (Lipinski definition) is 2. The average Bonchev–Trinajstić information content (AvgIpc) is 2.47. The number of carbonyl (C=O) groups excluding carboxylic acids is 1. The molecule has 1 atom stereocenters. The van der Waals surface area contributed by atoms with Gasteiger partial charge in [0.25, 0.3) is 0 Å². The standard InChI is InChI=1S/C17H12ClNO2/c1-3-17(2)14-10-12(11-5-4-6-13(18)9-11)7-8-15(14)19-16(20)21-17/h1,4-10H,2H3,(H,19,20). The van der Waals surface area contributed by atoms with Crippen molar-refractivity contribution < 1.29 is 9.53 Å². The van der Waals surface area contributed by atoms with Crippen LogP contribution in [-0.2, 0) is 10.3 Å². The van der Waals surface area contributed by atoms with Crippen LogP contribution in [0.1, 0.15) is 12.5 Å². The monoisotopic (exact) mass is 297 g/mol. The van der Waals surface area contributed by atoms with Crippen LogP contribution in [0.15, 0.2) is 42.5 Å². The molecule has 0 saturated carbocycles. The van der Waals surface area contributed by atoms with Gasteiger partial charge in [0.2, 0.25) is 0 Å². The quantitative estimate of drug-likeness (QED) is 0.791. The number of benzene rings is 2. The molecule has 0 bridgehead atoms. The Bertz CT molecular complexity index is 779. The van der Waals surface area contributed by atoms with Crippen LogP contribution in [0.4, 0.5) is 10.5 Å². The second-order valence-corrected chi connectivity index (χ2v) is 5.40. The Morgan fingerprint density at radius 3 is 2.71 bits per heavy atom. The van der Waals surface area contributed by atoms with Crippen LogP contribution < -0.4 is 5.32 Å². The fraction of sp³-hybridized carbons (Fsp3) is 0.118. The van der Waals surface area contributed by atoms with E-state index in [-0.39, 0.29) is 0 Å². The molecule has 3 nitrogen and oxygen atoms in total. The summed E-state index contributed by atoms with van der Waals surface area (Å²) in [6.07, 6.45) is 5.01. The van der Waals surface area contributed by atoms with Crippen molar-refractivity contribution in [3.63, 3.8) is 0 Å². The van der Waals surface area contributed by atoms with Crippen molar-refractivity contribution in [1.82, 2.24) is 0 Å². The lowest BCUT2D eigenvalue weighted by Crippen LogP contribution is -2.36. The largest absolute Gasteiger partial charge is 0.425 e. The molecule has 0 radical (unpaired) electrons. The van der Waals surface area contributed by atoms with Crippen molar-refractivity contribution >= 4 is 23.4 Å². The Morgan fingerprint density at radius 1 is 1.24 bits per heavy atom. The number of cyclic esters (lactones) is 1. The molecule has 0 saturated heterocycles. The van der Waals surface area contributed by atoms with Crippen molar-refractivity contribution in [3.8, 4) is 23.5 Å². The van der Waals surface area contributed by atoms with E-state index in [0.29, 0.717) is 10.7 Å². The SMILES string of the molecule is C#CC1(C)OC(=O)Nc2ccc(-c3cccc(Cl)c3)cc21. The van der Waals surface area contributed by atoms with Crippen molar-refractivity contribution in [2.45, 2.75) is 12.5 Å². The number of rotatable bonds is 1. The summed E-state index contributed by atoms with van der Waals surface area (Å²) in [6, 6.07) is 13.2. The van der Waals surface area contributed by atoms with E-state index >= 15 is 0 Å². The normalized spacial score (nSPS) is 20.0. The van der Waals surface area contributed by atoms with E-state index in [9.17, 15) is 4.79 Å². The highest BCUT2D eigenvalue weighted by Crippen LogP contribution is 2.38. The molecule has 1 aliphatic rings. The highest BCUT2D eigenvalue weighted by atomic mass is 35.5. The molecule has 1 heterocycles. The maximum absolute atomic E-state index is 11.6. The molecule has 1 N–H and O–H groups in total. The topological polar surface area (TPSA) is 38.3 Å². The number of halogens is 1. The number of hydrogen-bond donors (Lipinski definition) is 1. The third-order valence-electron chi connectivity index (χ3n) is 3.50. The van der Waals surface area contributed by atoms with Gasteiger partial charge in [-0.1, -0.05) is 35.7 Å². The Hall–Kier alpha value is -2.44. The van der Waals surface area contributed by atoms with Crippen LogP contribution in [0.2, 0.25) is 5.02 Å². The molecular formula is C17H12ClNO2. The number of amides is 1. The zero-order chi connectivity index (χ0) is 15.0. The maximum Gasteiger partial charge on any atom is 0.413 e. The second-order valence-electron chi connectivity index (χ2n) is 4.96. The summed E-state index contributed by atoms with van der Waals surface area (Å²) in [5.41, 5.74) is 2.27. The lowest BCUT2D eigenvalue weighted by molar-refractivity contribution is 0.0716. The van der Waals surface area contributed by atoms with Gasteiger partial charge >= 0.3 is 6.09 Å². The molecule has 0 aliphatic carbocycles. The summed E-state index contributed by atoms with van der Waals surface area (Å²) in [4.78, 5) is 11.6. The van der Waals surface area contributed by atoms with Gasteiger partial charge < -0.3 is 4.74 Å². The number of ether oxygens (including phenoxy) is 1. The minimum atomic E-state index is -1.08. The van der Waals surface area contributed by atoms with E-state index in [1.165, 1.54) is 0 Å². The fourth-order valence-corrected chi connectivity index (χ4v) is 2.57. The molecule has 1 unspecified atom stereocenters. The van der Waals surface area contributed by atoms with Crippen molar-refractivity contribution in [3.05, 3.63) is 53.1 Å². The lowest BCUT2D eigenvalue weighted by atomic mass is 9.90. The van der Waals surface area contributed by atoms with Gasteiger partial charge in [0.1, 0.15) is 0 Å². The lowest BCUT2D eigenvalue weighted by Gasteiger charge is -2.31. The van der Waals surface area contributed by atoms with E-state index < -0.39 is 11.7 Å². The van der Waals surface area contributed by atoms with E-state index in [0.717, 1.165) is 16.7 Å². The molecule has 2 aromatic rings. The molecule has 1 amide bonds. The number of terminal acetylenes is 1. The van der Waals surface area contributed by atoms with Crippen LogP contribution in [0, 0.1) is 12.3 Å².